The smallest absolute Gasteiger partial charge is 0.251 e. The first-order valence-corrected chi connectivity index (χ1v) is 9.00. The van der Waals surface area contributed by atoms with Crippen molar-refractivity contribution in [3.05, 3.63) is 94.8 Å². The molecule has 0 saturated carbocycles. The van der Waals surface area contributed by atoms with Crippen LogP contribution in [0, 0.1) is 12.7 Å². The Morgan fingerprint density at radius 1 is 1.07 bits per heavy atom. The number of fused-ring (bicyclic) bond motifs is 1. The van der Waals surface area contributed by atoms with Crippen LogP contribution in [0.4, 0.5) is 4.39 Å². The predicted molar refractivity (Wildman–Crippen MR) is 105 cm³/mol. The summed E-state index contributed by atoms with van der Waals surface area (Å²) in [6.07, 6.45) is 0. The molecule has 0 aliphatic heterocycles. The van der Waals surface area contributed by atoms with Gasteiger partial charge in [-0.3, -0.25) is 4.79 Å². The Balaban J connectivity index is 1.49. The highest BCUT2D eigenvalue weighted by molar-refractivity contribution is 5.97. The van der Waals surface area contributed by atoms with Gasteiger partial charge in [-0.25, -0.2) is 9.07 Å². The standard InChI is InChI=1S/C22H19FN4O/c1-15-4-2-3-5-18(15)14-27-21-11-8-17(12-20(21)25-26-27)22(28)24-13-16-6-9-19(23)10-7-16/h2-12H,13-14H2,1H3,(H,24,28). The lowest BCUT2D eigenvalue weighted by Crippen LogP contribution is -2.22. The van der Waals surface area contributed by atoms with Crippen molar-refractivity contribution in [3.8, 4) is 0 Å². The molecule has 3 aromatic carbocycles. The molecule has 0 fully saturated rings. The summed E-state index contributed by atoms with van der Waals surface area (Å²) in [6, 6.07) is 19.6. The van der Waals surface area contributed by atoms with Crippen LogP contribution in [0.2, 0.25) is 0 Å². The van der Waals surface area contributed by atoms with E-state index in [1.165, 1.54) is 23.3 Å². The first kappa shape index (κ1) is 17.9. The maximum atomic E-state index is 13.0. The summed E-state index contributed by atoms with van der Waals surface area (Å²) in [5, 5.41) is 11.3. The van der Waals surface area contributed by atoms with Gasteiger partial charge >= 0.3 is 0 Å². The minimum absolute atomic E-state index is 0.209. The lowest BCUT2D eigenvalue weighted by atomic mass is 10.1. The Kier molecular flexibility index (Phi) is 4.85. The first-order valence-electron chi connectivity index (χ1n) is 9.00. The predicted octanol–water partition coefficient (Wildman–Crippen LogP) is 3.86. The summed E-state index contributed by atoms with van der Waals surface area (Å²) in [4.78, 5) is 12.4. The normalized spacial score (nSPS) is 10.9. The van der Waals surface area contributed by atoms with Crippen molar-refractivity contribution in [1.82, 2.24) is 20.3 Å². The Morgan fingerprint density at radius 3 is 2.64 bits per heavy atom. The van der Waals surface area contributed by atoms with E-state index in [1.807, 2.05) is 22.9 Å². The fourth-order valence-corrected chi connectivity index (χ4v) is 3.07. The van der Waals surface area contributed by atoms with Gasteiger partial charge in [0, 0.05) is 12.1 Å². The molecule has 0 aliphatic rings. The molecule has 28 heavy (non-hydrogen) atoms. The summed E-state index contributed by atoms with van der Waals surface area (Å²) in [7, 11) is 0. The van der Waals surface area contributed by atoms with E-state index in [0.29, 0.717) is 24.2 Å². The highest BCUT2D eigenvalue weighted by Gasteiger charge is 2.11. The van der Waals surface area contributed by atoms with Crippen LogP contribution in [0.15, 0.2) is 66.7 Å². The molecule has 1 N–H and O–H groups in total. The summed E-state index contributed by atoms with van der Waals surface area (Å²) in [5.41, 5.74) is 5.26. The SMILES string of the molecule is Cc1ccccc1Cn1nnc2cc(C(=O)NCc3ccc(F)cc3)ccc21. The number of aryl methyl sites for hydroxylation is 1. The van der Waals surface area contributed by atoms with Gasteiger partial charge in [0.2, 0.25) is 0 Å². The third kappa shape index (κ3) is 3.76. The van der Waals surface area contributed by atoms with Crippen LogP contribution in [-0.4, -0.2) is 20.9 Å². The van der Waals surface area contributed by atoms with E-state index in [9.17, 15) is 9.18 Å². The van der Waals surface area contributed by atoms with Crippen molar-refractivity contribution in [2.45, 2.75) is 20.0 Å². The Hall–Kier alpha value is -3.54. The van der Waals surface area contributed by atoms with Gasteiger partial charge in [-0.15, -0.1) is 5.10 Å². The molecular formula is C22H19FN4O. The van der Waals surface area contributed by atoms with E-state index < -0.39 is 0 Å². The average Bonchev–Trinajstić information content (AvgIpc) is 3.11. The molecule has 0 radical (unpaired) electrons. The molecule has 0 bridgehead atoms. The van der Waals surface area contributed by atoms with Crippen molar-refractivity contribution in [1.29, 1.82) is 0 Å². The number of benzene rings is 3. The molecule has 4 aromatic rings. The van der Waals surface area contributed by atoms with Gasteiger partial charge in [-0.2, -0.15) is 0 Å². The molecule has 1 amide bonds. The van der Waals surface area contributed by atoms with Crippen LogP contribution in [0.25, 0.3) is 11.0 Å². The second-order valence-corrected chi connectivity index (χ2v) is 6.69. The second-order valence-electron chi connectivity index (χ2n) is 6.69. The van der Waals surface area contributed by atoms with E-state index in [4.69, 9.17) is 0 Å². The summed E-state index contributed by atoms with van der Waals surface area (Å²) < 4.78 is 14.8. The molecule has 0 atom stereocenters. The number of carbonyl (C=O) groups is 1. The molecule has 5 nitrogen and oxygen atoms in total. The van der Waals surface area contributed by atoms with Crippen LogP contribution in [0.3, 0.4) is 0 Å². The first-order chi connectivity index (χ1) is 13.6. The zero-order valence-electron chi connectivity index (χ0n) is 15.4. The molecular weight excluding hydrogens is 355 g/mol. The molecule has 0 spiro atoms. The number of hydrogen-bond acceptors (Lipinski definition) is 3. The van der Waals surface area contributed by atoms with Crippen molar-refractivity contribution in [2.24, 2.45) is 0 Å². The van der Waals surface area contributed by atoms with E-state index in [2.05, 4.69) is 34.7 Å². The molecule has 4 rings (SSSR count). The van der Waals surface area contributed by atoms with Gasteiger partial charge in [0.1, 0.15) is 11.3 Å². The van der Waals surface area contributed by atoms with Gasteiger partial charge < -0.3 is 5.32 Å². The highest BCUT2D eigenvalue weighted by atomic mass is 19.1. The zero-order valence-corrected chi connectivity index (χ0v) is 15.4. The molecule has 0 saturated heterocycles. The average molecular weight is 374 g/mol. The molecule has 1 heterocycles. The van der Waals surface area contributed by atoms with Gasteiger partial charge in [0.25, 0.3) is 5.91 Å². The maximum Gasteiger partial charge on any atom is 0.251 e. The van der Waals surface area contributed by atoms with Crippen LogP contribution < -0.4 is 5.32 Å². The van der Waals surface area contributed by atoms with E-state index >= 15 is 0 Å². The number of hydrogen-bond donors (Lipinski definition) is 1. The Bertz CT molecular complexity index is 1130. The number of amides is 1. The number of rotatable bonds is 5. The summed E-state index contributed by atoms with van der Waals surface area (Å²) in [6.45, 7) is 3.02. The van der Waals surface area contributed by atoms with Crippen molar-refractivity contribution in [2.75, 3.05) is 0 Å². The number of aromatic nitrogens is 3. The highest BCUT2D eigenvalue weighted by Crippen LogP contribution is 2.16. The summed E-state index contributed by atoms with van der Waals surface area (Å²) in [5.74, 6) is -0.506. The fraction of sp³-hybridized carbons (Fsp3) is 0.136. The lowest BCUT2D eigenvalue weighted by Gasteiger charge is -2.07. The molecule has 0 unspecified atom stereocenters. The van der Waals surface area contributed by atoms with Crippen LogP contribution in [0.5, 0.6) is 0 Å². The largest absolute Gasteiger partial charge is 0.348 e. The van der Waals surface area contributed by atoms with Crippen LogP contribution in [0.1, 0.15) is 27.0 Å². The molecule has 6 heteroatoms. The fourth-order valence-electron chi connectivity index (χ4n) is 3.07. The molecule has 140 valence electrons. The lowest BCUT2D eigenvalue weighted by molar-refractivity contribution is 0.0951. The van der Waals surface area contributed by atoms with Gasteiger partial charge in [0.15, 0.2) is 0 Å². The van der Waals surface area contributed by atoms with Crippen molar-refractivity contribution in [3.63, 3.8) is 0 Å². The molecule has 0 aliphatic carbocycles. The number of carbonyl (C=O) groups excluding carboxylic acids is 1. The van der Waals surface area contributed by atoms with Gasteiger partial charge in [-0.05, 0) is 53.9 Å². The van der Waals surface area contributed by atoms with E-state index in [1.54, 1.807) is 24.3 Å². The third-order valence-corrected chi connectivity index (χ3v) is 4.72. The number of nitrogens with zero attached hydrogens (tertiary/aromatic N) is 3. The van der Waals surface area contributed by atoms with Crippen LogP contribution >= 0.6 is 0 Å². The third-order valence-electron chi connectivity index (χ3n) is 4.72. The van der Waals surface area contributed by atoms with Crippen molar-refractivity contribution >= 4 is 16.9 Å². The number of nitrogens with one attached hydrogen (secondary N) is 1. The molecule has 1 aromatic heterocycles. The topological polar surface area (TPSA) is 59.8 Å². The zero-order chi connectivity index (χ0) is 19.5. The van der Waals surface area contributed by atoms with Gasteiger partial charge in [0.05, 0.1) is 12.1 Å². The van der Waals surface area contributed by atoms with Crippen LogP contribution in [-0.2, 0) is 13.1 Å². The van der Waals surface area contributed by atoms with Crippen molar-refractivity contribution < 1.29 is 9.18 Å². The summed E-state index contributed by atoms with van der Waals surface area (Å²) >= 11 is 0. The maximum absolute atomic E-state index is 13.0. The minimum atomic E-state index is -0.297. The monoisotopic (exact) mass is 374 g/mol. The van der Waals surface area contributed by atoms with Gasteiger partial charge in [-0.1, -0.05) is 41.6 Å². The van der Waals surface area contributed by atoms with E-state index in [0.717, 1.165) is 11.1 Å². The Labute approximate surface area is 161 Å². The van der Waals surface area contributed by atoms with E-state index in [-0.39, 0.29) is 11.7 Å². The Morgan fingerprint density at radius 2 is 1.86 bits per heavy atom. The minimum Gasteiger partial charge on any atom is -0.348 e. The quantitative estimate of drug-likeness (QED) is 0.577. The number of halogens is 1. The second kappa shape index (κ2) is 7.60.